The molecule has 0 saturated carbocycles. The van der Waals surface area contributed by atoms with Crippen LogP contribution in [-0.2, 0) is 14.3 Å². The van der Waals surface area contributed by atoms with Gasteiger partial charge in [-0.25, -0.2) is 0 Å². The molecule has 0 N–H and O–H groups in total. The number of esters is 2. The summed E-state index contributed by atoms with van der Waals surface area (Å²) in [6.45, 7) is 3.57. The fraction of sp³-hybridized carbons (Fsp3) is 0.286. The summed E-state index contributed by atoms with van der Waals surface area (Å²) in [5.41, 5.74) is 2.78. The van der Waals surface area contributed by atoms with Gasteiger partial charge in [-0.1, -0.05) is 42.5 Å². The van der Waals surface area contributed by atoms with Crippen LogP contribution in [0.4, 0.5) is 0 Å². The molecule has 1 unspecified atom stereocenters. The van der Waals surface area contributed by atoms with Crippen LogP contribution in [0, 0.1) is 0 Å². The normalized spacial score (nSPS) is 16.0. The summed E-state index contributed by atoms with van der Waals surface area (Å²) in [6, 6.07) is 17.1. The van der Waals surface area contributed by atoms with E-state index in [1.54, 1.807) is 24.1 Å². The lowest BCUT2D eigenvalue weighted by Gasteiger charge is -2.22. The monoisotopic (exact) mass is 366 g/mol. The van der Waals surface area contributed by atoms with Crippen LogP contribution in [0.25, 0.3) is 0 Å². The summed E-state index contributed by atoms with van der Waals surface area (Å²) in [7, 11) is 0. The van der Waals surface area contributed by atoms with Crippen molar-refractivity contribution in [3.8, 4) is 5.75 Å². The number of hydrogen-bond acceptors (Lipinski definition) is 6. The highest BCUT2D eigenvalue weighted by Crippen LogP contribution is 2.33. The zero-order chi connectivity index (χ0) is 19.2. The maximum atomic E-state index is 12.0. The SMILES string of the molecule is CCOC(=O)CN1N=C(c2cccc(OC(C)=O)c2)CC1c1ccccc1. The third-order valence-electron chi connectivity index (χ3n) is 4.21. The standard InChI is InChI=1S/C21H22N2O4/c1-3-26-21(25)14-23-20(16-8-5-4-6-9-16)13-19(22-23)17-10-7-11-18(12-17)27-15(2)24/h4-12,20H,3,13-14H2,1-2H3. The lowest BCUT2D eigenvalue weighted by Crippen LogP contribution is -2.27. The highest BCUT2D eigenvalue weighted by molar-refractivity contribution is 6.02. The van der Waals surface area contributed by atoms with E-state index in [0.717, 1.165) is 16.8 Å². The Bertz CT molecular complexity index is 848. The molecule has 6 heteroatoms. The van der Waals surface area contributed by atoms with E-state index in [9.17, 15) is 9.59 Å². The van der Waals surface area contributed by atoms with Gasteiger partial charge < -0.3 is 9.47 Å². The second-order valence-corrected chi connectivity index (χ2v) is 6.20. The molecule has 6 nitrogen and oxygen atoms in total. The minimum absolute atomic E-state index is 0.0528. The first-order valence-corrected chi connectivity index (χ1v) is 8.90. The van der Waals surface area contributed by atoms with E-state index in [4.69, 9.17) is 9.47 Å². The molecule has 0 bridgehead atoms. The van der Waals surface area contributed by atoms with E-state index in [1.165, 1.54) is 6.92 Å². The smallest absolute Gasteiger partial charge is 0.327 e. The number of carbonyl (C=O) groups is 2. The van der Waals surface area contributed by atoms with Gasteiger partial charge in [-0.05, 0) is 24.6 Å². The van der Waals surface area contributed by atoms with Gasteiger partial charge in [0.1, 0.15) is 12.3 Å². The molecule has 1 aliphatic heterocycles. The van der Waals surface area contributed by atoms with E-state index in [1.807, 2.05) is 42.5 Å². The van der Waals surface area contributed by atoms with Crippen LogP contribution in [0.3, 0.4) is 0 Å². The Morgan fingerprint density at radius 1 is 1.15 bits per heavy atom. The van der Waals surface area contributed by atoms with Crippen LogP contribution in [0.15, 0.2) is 59.7 Å². The zero-order valence-corrected chi connectivity index (χ0v) is 15.4. The van der Waals surface area contributed by atoms with Crippen molar-refractivity contribution in [3.63, 3.8) is 0 Å². The van der Waals surface area contributed by atoms with Crippen molar-refractivity contribution in [2.75, 3.05) is 13.2 Å². The van der Waals surface area contributed by atoms with Gasteiger partial charge in [0.25, 0.3) is 0 Å². The van der Waals surface area contributed by atoms with Crippen molar-refractivity contribution < 1.29 is 19.1 Å². The van der Waals surface area contributed by atoms with Crippen LogP contribution in [0.2, 0.25) is 0 Å². The number of carbonyl (C=O) groups excluding carboxylic acids is 2. The molecule has 0 radical (unpaired) electrons. The number of hydrazone groups is 1. The third kappa shape index (κ3) is 4.73. The predicted molar refractivity (Wildman–Crippen MR) is 101 cm³/mol. The number of ether oxygens (including phenoxy) is 2. The minimum atomic E-state index is -0.369. The molecule has 3 rings (SSSR count). The Morgan fingerprint density at radius 3 is 2.63 bits per heavy atom. The highest BCUT2D eigenvalue weighted by Gasteiger charge is 2.30. The zero-order valence-electron chi connectivity index (χ0n) is 15.4. The molecule has 1 heterocycles. The quantitative estimate of drug-likeness (QED) is 0.579. The average molecular weight is 366 g/mol. The van der Waals surface area contributed by atoms with Crippen LogP contribution in [-0.4, -0.2) is 35.8 Å². The maximum absolute atomic E-state index is 12.0. The largest absolute Gasteiger partial charge is 0.465 e. The van der Waals surface area contributed by atoms with Gasteiger partial charge in [0.15, 0.2) is 0 Å². The van der Waals surface area contributed by atoms with Crippen LogP contribution >= 0.6 is 0 Å². The fourth-order valence-electron chi connectivity index (χ4n) is 3.08. The molecule has 27 heavy (non-hydrogen) atoms. The summed E-state index contributed by atoms with van der Waals surface area (Å²) < 4.78 is 10.3. The number of nitrogens with zero attached hydrogens (tertiary/aromatic N) is 2. The molecule has 2 aromatic carbocycles. The highest BCUT2D eigenvalue weighted by atomic mass is 16.5. The summed E-state index contributed by atoms with van der Waals surface area (Å²) in [5, 5.41) is 6.43. The number of benzene rings is 2. The topological polar surface area (TPSA) is 68.2 Å². The van der Waals surface area contributed by atoms with Crippen molar-refractivity contribution >= 4 is 17.7 Å². The number of hydrogen-bond donors (Lipinski definition) is 0. The van der Waals surface area contributed by atoms with E-state index >= 15 is 0 Å². The van der Waals surface area contributed by atoms with Gasteiger partial charge >= 0.3 is 11.9 Å². The van der Waals surface area contributed by atoms with Crippen molar-refractivity contribution in [2.45, 2.75) is 26.3 Å². The minimum Gasteiger partial charge on any atom is -0.465 e. The molecular formula is C21H22N2O4. The van der Waals surface area contributed by atoms with Gasteiger partial charge in [-0.2, -0.15) is 5.10 Å². The first-order valence-electron chi connectivity index (χ1n) is 8.90. The first kappa shape index (κ1) is 18.6. The summed E-state index contributed by atoms with van der Waals surface area (Å²) in [5.74, 6) is -0.202. The van der Waals surface area contributed by atoms with E-state index in [2.05, 4.69) is 5.10 Å². The maximum Gasteiger partial charge on any atom is 0.327 e. The van der Waals surface area contributed by atoms with Crippen molar-refractivity contribution in [3.05, 3.63) is 65.7 Å². The average Bonchev–Trinajstić information content (AvgIpc) is 3.06. The Hall–Kier alpha value is -3.15. The third-order valence-corrected chi connectivity index (χ3v) is 4.21. The Balaban J connectivity index is 1.87. The second-order valence-electron chi connectivity index (χ2n) is 6.20. The van der Waals surface area contributed by atoms with E-state index in [0.29, 0.717) is 18.8 Å². The number of rotatable bonds is 6. The molecule has 1 aliphatic rings. The molecule has 2 aromatic rings. The van der Waals surface area contributed by atoms with Crippen LogP contribution in [0.5, 0.6) is 5.75 Å². The molecule has 1 atom stereocenters. The first-order chi connectivity index (χ1) is 13.1. The van der Waals surface area contributed by atoms with Crippen molar-refractivity contribution in [2.24, 2.45) is 5.10 Å². The lowest BCUT2D eigenvalue weighted by molar-refractivity contribution is -0.144. The van der Waals surface area contributed by atoms with Crippen molar-refractivity contribution in [1.29, 1.82) is 0 Å². The lowest BCUT2D eigenvalue weighted by atomic mass is 9.98. The Morgan fingerprint density at radius 2 is 1.93 bits per heavy atom. The molecule has 0 spiro atoms. The molecular weight excluding hydrogens is 344 g/mol. The van der Waals surface area contributed by atoms with Crippen LogP contribution < -0.4 is 4.74 Å². The predicted octanol–water partition coefficient (Wildman–Crippen LogP) is 3.33. The van der Waals surface area contributed by atoms with Gasteiger partial charge in [-0.15, -0.1) is 0 Å². The van der Waals surface area contributed by atoms with Gasteiger partial charge in [0.05, 0.1) is 18.4 Å². The van der Waals surface area contributed by atoms with E-state index in [-0.39, 0.29) is 24.5 Å². The molecule has 0 amide bonds. The fourth-order valence-corrected chi connectivity index (χ4v) is 3.08. The van der Waals surface area contributed by atoms with Crippen LogP contribution in [0.1, 0.15) is 37.4 Å². The Labute approximate surface area is 158 Å². The summed E-state index contributed by atoms with van der Waals surface area (Å²) in [6.07, 6.45) is 0.646. The second kappa shape index (κ2) is 8.49. The molecule has 0 aromatic heterocycles. The molecule has 0 aliphatic carbocycles. The molecule has 0 saturated heterocycles. The Kier molecular flexibility index (Phi) is 5.86. The van der Waals surface area contributed by atoms with Crippen molar-refractivity contribution in [1.82, 2.24) is 5.01 Å². The molecule has 0 fully saturated rings. The summed E-state index contributed by atoms with van der Waals surface area (Å²) in [4.78, 5) is 23.2. The van der Waals surface area contributed by atoms with E-state index < -0.39 is 0 Å². The molecule has 140 valence electrons. The summed E-state index contributed by atoms with van der Waals surface area (Å²) >= 11 is 0. The van der Waals surface area contributed by atoms with Gasteiger partial charge in [0.2, 0.25) is 0 Å². The van der Waals surface area contributed by atoms with Gasteiger partial charge in [-0.3, -0.25) is 14.6 Å². The van der Waals surface area contributed by atoms with Gasteiger partial charge in [0, 0.05) is 18.9 Å².